The first-order chi connectivity index (χ1) is 6.84. The highest BCUT2D eigenvalue weighted by atomic mass is 28.2. The van der Waals surface area contributed by atoms with Crippen molar-refractivity contribution in [3.63, 3.8) is 0 Å². The van der Waals surface area contributed by atoms with E-state index in [4.69, 9.17) is 4.74 Å². The molecular weight excluding hydrogens is 195 g/mol. The molecule has 0 spiro atoms. The largest absolute Gasteiger partial charge is 0.382 e. The predicted molar refractivity (Wildman–Crippen MR) is 58.2 cm³/mol. The maximum Gasteiger partial charge on any atom is 0.123 e. The van der Waals surface area contributed by atoms with E-state index in [1.54, 1.807) is 12.1 Å². The Morgan fingerprint density at radius 2 is 2.00 bits per heavy atom. The summed E-state index contributed by atoms with van der Waals surface area (Å²) in [6, 6.07) is 6.90. The van der Waals surface area contributed by atoms with E-state index >= 15 is 0 Å². The van der Waals surface area contributed by atoms with Crippen LogP contribution in [0.3, 0.4) is 0 Å². The number of halogens is 1. The van der Waals surface area contributed by atoms with Crippen molar-refractivity contribution in [2.45, 2.75) is 25.0 Å². The molecule has 1 aliphatic heterocycles. The zero-order valence-electron chi connectivity index (χ0n) is 8.21. The van der Waals surface area contributed by atoms with Crippen LogP contribution in [0, 0.1) is 5.82 Å². The van der Waals surface area contributed by atoms with Gasteiger partial charge in [0.1, 0.15) is 5.82 Å². The maximum atomic E-state index is 12.6. The van der Waals surface area contributed by atoms with Crippen LogP contribution >= 0.6 is 0 Å². The zero-order chi connectivity index (χ0) is 9.80. The fourth-order valence-electron chi connectivity index (χ4n) is 1.85. The molecule has 1 aromatic carbocycles. The third-order valence-electron chi connectivity index (χ3n) is 2.65. The Hall–Kier alpha value is -0.673. The van der Waals surface area contributed by atoms with Crippen LogP contribution in [-0.4, -0.2) is 21.9 Å². The normalized spacial score (nSPS) is 23.1. The summed E-state index contributed by atoms with van der Waals surface area (Å²) in [5.74, 6) is -0.146. The smallest absolute Gasteiger partial charge is 0.123 e. The first kappa shape index (κ1) is 9.87. The second-order valence-electron chi connectivity index (χ2n) is 3.82. The molecule has 0 aliphatic carbocycles. The lowest BCUT2D eigenvalue weighted by molar-refractivity contribution is 0.0660. The molecule has 1 unspecified atom stereocenters. The molecule has 1 aliphatic rings. The van der Waals surface area contributed by atoms with Gasteiger partial charge < -0.3 is 4.74 Å². The van der Waals surface area contributed by atoms with Gasteiger partial charge in [-0.25, -0.2) is 4.39 Å². The molecule has 76 valence electrons. The molecule has 0 amide bonds. The van der Waals surface area contributed by atoms with E-state index in [1.165, 1.54) is 24.4 Å². The van der Waals surface area contributed by atoms with E-state index in [0.29, 0.717) is 5.73 Å². The predicted octanol–water partition coefficient (Wildman–Crippen LogP) is 1.15. The lowest BCUT2D eigenvalue weighted by Crippen LogP contribution is -2.33. The molecule has 1 fully saturated rings. The Bertz CT molecular complexity index is 280. The van der Waals surface area contributed by atoms with Crippen molar-refractivity contribution in [1.82, 2.24) is 0 Å². The molecule has 14 heavy (non-hydrogen) atoms. The molecule has 1 nitrogen and oxygen atoms in total. The quantitative estimate of drug-likeness (QED) is 0.665. The van der Waals surface area contributed by atoms with E-state index in [2.05, 4.69) is 0 Å². The monoisotopic (exact) mass is 210 g/mol. The van der Waals surface area contributed by atoms with E-state index in [9.17, 15) is 4.39 Å². The van der Waals surface area contributed by atoms with Gasteiger partial charge in [0.05, 0.1) is 9.52 Å². The van der Waals surface area contributed by atoms with Gasteiger partial charge in [-0.3, -0.25) is 0 Å². The van der Waals surface area contributed by atoms with Crippen LogP contribution in [0.2, 0.25) is 0 Å². The minimum Gasteiger partial charge on any atom is -0.382 e. The molecule has 3 heteroatoms. The molecule has 1 atom stereocenters. The topological polar surface area (TPSA) is 9.23 Å². The molecule has 0 bridgehead atoms. The standard InChI is InChI=1S/C11H15FOSi/c12-9-4-6-10(7-5-9)14-11-3-1-2-8-13-11/h4-7,11H,1-3,8,14H2. The average molecular weight is 210 g/mol. The highest BCUT2D eigenvalue weighted by molar-refractivity contribution is 6.54. The van der Waals surface area contributed by atoms with Crippen LogP contribution in [0.1, 0.15) is 19.3 Å². The molecule has 0 N–H and O–H groups in total. The minimum atomic E-state index is -0.362. The van der Waals surface area contributed by atoms with Crippen molar-refractivity contribution in [1.29, 1.82) is 0 Å². The molecule has 1 aromatic rings. The van der Waals surface area contributed by atoms with E-state index in [1.807, 2.05) is 12.1 Å². The van der Waals surface area contributed by atoms with Crippen LogP contribution in [0.5, 0.6) is 0 Å². The SMILES string of the molecule is Fc1ccc([SiH2]C2CCCCO2)cc1. The fraction of sp³-hybridized carbons (Fsp3) is 0.455. The number of rotatable bonds is 2. The number of hydrogen-bond donors (Lipinski definition) is 0. The van der Waals surface area contributed by atoms with Gasteiger partial charge in [-0.15, -0.1) is 0 Å². The second-order valence-corrected chi connectivity index (χ2v) is 5.95. The van der Waals surface area contributed by atoms with E-state index in [0.717, 1.165) is 6.61 Å². The molecule has 0 radical (unpaired) electrons. The highest BCUT2D eigenvalue weighted by Gasteiger charge is 2.14. The molecule has 1 heterocycles. The fourth-order valence-corrected chi connectivity index (χ4v) is 3.66. The Labute approximate surface area is 86.1 Å². The van der Waals surface area contributed by atoms with E-state index in [-0.39, 0.29) is 15.3 Å². The summed E-state index contributed by atoms with van der Waals surface area (Å²) in [6.07, 6.45) is 3.69. The van der Waals surface area contributed by atoms with Gasteiger partial charge in [0.25, 0.3) is 0 Å². The second kappa shape index (κ2) is 4.71. The van der Waals surface area contributed by atoms with Crippen molar-refractivity contribution >= 4 is 14.7 Å². The van der Waals surface area contributed by atoms with Crippen molar-refractivity contribution in [3.05, 3.63) is 30.1 Å². The average Bonchev–Trinajstić information content (AvgIpc) is 2.23. The summed E-state index contributed by atoms with van der Waals surface area (Å²) in [5, 5.41) is 1.30. The number of hydrogen-bond acceptors (Lipinski definition) is 1. The summed E-state index contributed by atoms with van der Waals surface area (Å²) in [6.45, 7) is 0.916. The molecular formula is C11H15FOSi. The van der Waals surface area contributed by atoms with Crippen LogP contribution in [0.4, 0.5) is 4.39 Å². The van der Waals surface area contributed by atoms with Gasteiger partial charge in [-0.05, 0) is 31.4 Å². The van der Waals surface area contributed by atoms with Crippen molar-refractivity contribution in [2.24, 2.45) is 0 Å². The first-order valence-corrected chi connectivity index (χ1v) is 6.73. The summed E-state index contributed by atoms with van der Waals surface area (Å²) in [5.41, 5.74) is 0.481. The Balaban J connectivity index is 1.92. The van der Waals surface area contributed by atoms with Crippen LogP contribution in [0.25, 0.3) is 0 Å². The Morgan fingerprint density at radius 3 is 2.64 bits per heavy atom. The van der Waals surface area contributed by atoms with Gasteiger partial charge in [-0.2, -0.15) is 0 Å². The van der Waals surface area contributed by atoms with Crippen LogP contribution in [0.15, 0.2) is 24.3 Å². The van der Waals surface area contributed by atoms with Crippen LogP contribution in [-0.2, 0) is 4.74 Å². The minimum absolute atomic E-state index is 0.146. The third-order valence-corrected chi connectivity index (χ3v) is 4.69. The van der Waals surface area contributed by atoms with Gasteiger partial charge in [0.15, 0.2) is 0 Å². The van der Waals surface area contributed by atoms with Crippen molar-refractivity contribution < 1.29 is 9.13 Å². The molecule has 1 saturated heterocycles. The molecule has 2 rings (SSSR count). The zero-order valence-corrected chi connectivity index (χ0v) is 9.62. The lowest BCUT2D eigenvalue weighted by atomic mass is 10.2. The lowest BCUT2D eigenvalue weighted by Gasteiger charge is -2.22. The van der Waals surface area contributed by atoms with Crippen molar-refractivity contribution in [2.75, 3.05) is 6.61 Å². The maximum absolute atomic E-state index is 12.6. The summed E-state index contributed by atoms with van der Waals surface area (Å²) in [4.78, 5) is 0. The molecule has 0 aromatic heterocycles. The van der Waals surface area contributed by atoms with Crippen molar-refractivity contribution in [3.8, 4) is 0 Å². The van der Waals surface area contributed by atoms with Gasteiger partial charge in [0.2, 0.25) is 0 Å². The van der Waals surface area contributed by atoms with Crippen LogP contribution < -0.4 is 5.19 Å². The van der Waals surface area contributed by atoms with Gasteiger partial charge in [-0.1, -0.05) is 17.3 Å². The summed E-state index contributed by atoms with van der Waals surface area (Å²) < 4.78 is 18.3. The Kier molecular flexibility index (Phi) is 3.32. The first-order valence-electron chi connectivity index (χ1n) is 5.20. The van der Waals surface area contributed by atoms with Gasteiger partial charge >= 0.3 is 0 Å². The van der Waals surface area contributed by atoms with E-state index < -0.39 is 0 Å². The number of ether oxygens (including phenoxy) is 1. The third kappa shape index (κ3) is 2.66. The number of benzene rings is 1. The highest BCUT2D eigenvalue weighted by Crippen LogP contribution is 2.11. The summed E-state index contributed by atoms with van der Waals surface area (Å²) >= 11 is 0. The molecule has 0 saturated carbocycles. The Morgan fingerprint density at radius 1 is 1.21 bits per heavy atom. The van der Waals surface area contributed by atoms with Gasteiger partial charge in [0, 0.05) is 12.3 Å². The summed E-state index contributed by atoms with van der Waals surface area (Å²) in [7, 11) is -0.362.